The fraction of sp³-hybridized carbons (Fsp3) is 0.818. The van der Waals surface area contributed by atoms with E-state index in [9.17, 15) is 0 Å². The summed E-state index contributed by atoms with van der Waals surface area (Å²) in [4.78, 5) is 4.03. The molecule has 1 N–H and O–H groups in total. The van der Waals surface area contributed by atoms with Crippen molar-refractivity contribution in [3.8, 4) is 6.01 Å². The third kappa shape index (κ3) is 5.65. The Morgan fingerprint density at radius 2 is 2.18 bits per heavy atom. The highest BCUT2D eigenvalue weighted by Crippen LogP contribution is 2.03. The minimum absolute atomic E-state index is 0.0684. The highest BCUT2D eigenvalue weighted by Gasteiger charge is 2.12. The average molecular weight is 242 g/mol. The topological polar surface area (TPSA) is 61.2 Å². The number of nitrogens with one attached hydrogen (secondary N) is 1. The van der Waals surface area contributed by atoms with Gasteiger partial charge in [0.2, 0.25) is 0 Å². The van der Waals surface area contributed by atoms with Gasteiger partial charge >= 0.3 is 6.01 Å². The minimum atomic E-state index is -0.0684. The Labute approximate surface area is 102 Å². The molecule has 1 aromatic heterocycles. The summed E-state index contributed by atoms with van der Waals surface area (Å²) in [6.45, 7) is 6.53. The van der Waals surface area contributed by atoms with Gasteiger partial charge in [-0.1, -0.05) is 13.8 Å². The van der Waals surface area contributed by atoms with E-state index in [1.165, 1.54) is 0 Å². The Morgan fingerprint density at radius 1 is 1.41 bits per heavy atom. The number of nitrogens with zero attached hydrogens (tertiary/aromatic N) is 3. The molecule has 0 aliphatic carbocycles. The van der Waals surface area contributed by atoms with Gasteiger partial charge in [-0.25, -0.2) is 0 Å². The summed E-state index contributed by atoms with van der Waals surface area (Å²) in [5, 5.41) is 7.41. The molecule has 1 rings (SSSR count). The zero-order valence-electron chi connectivity index (χ0n) is 11.0. The van der Waals surface area contributed by atoms with Crippen molar-refractivity contribution >= 4 is 0 Å². The first-order chi connectivity index (χ1) is 8.11. The number of ether oxygens (including phenoxy) is 2. The van der Waals surface area contributed by atoms with Crippen molar-refractivity contribution in [1.29, 1.82) is 0 Å². The highest BCUT2D eigenvalue weighted by atomic mass is 16.5. The molecule has 0 fully saturated rings. The molecule has 1 unspecified atom stereocenters. The van der Waals surface area contributed by atoms with Gasteiger partial charge in [0.15, 0.2) is 0 Å². The van der Waals surface area contributed by atoms with Gasteiger partial charge in [0.05, 0.1) is 6.61 Å². The van der Waals surface area contributed by atoms with E-state index in [0.29, 0.717) is 18.5 Å². The fourth-order valence-electron chi connectivity index (χ4n) is 1.38. The summed E-state index contributed by atoms with van der Waals surface area (Å²) in [5.41, 5.74) is 0. The maximum atomic E-state index is 5.63. The second-order valence-corrected chi connectivity index (χ2v) is 4.45. The van der Waals surface area contributed by atoms with E-state index < -0.39 is 0 Å². The van der Waals surface area contributed by atoms with E-state index >= 15 is 0 Å². The van der Waals surface area contributed by atoms with E-state index in [4.69, 9.17) is 9.47 Å². The summed E-state index contributed by atoms with van der Waals surface area (Å²) in [6.07, 6.45) is 1.54. The summed E-state index contributed by atoms with van der Waals surface area (Å²) in [6, 6.07) is 0.390. The van der Waals surface area contributed by atoms with Gasteiger partial charge < -0.3 is 14.8 Å². The average Bonchev–Trinajstić information content (AvgIpc) is 2.63. The number of rotatable bonds is 8. The van der Waals surface area contributed by atoms with Gasteiger partial charge in [0, 0.05) is 20.7 Å². The number of aryl methyl sites for hydroxylation is 1. The Kier molecular flexibility index (Phi) is 5.93. The van der Waals surface area contributed by atoms with Gasteiger partial charge in [-0.15, -0.1) is 5.10 Å². The molecular formula is C11H22N4O2. The van der Waals surface area contributed by atoms with Crippen molar-refractivity contribution in [3.63, 3.8) is 0 Å². The van der Waals surface area contributed by atoms with E-state index in [1.807, 2.05) is 7.05 Å². The van der Waals surface area contributed by atoms with Crippen LogP contribution in [0, 0.1) is 5.92 Å². The molecule has 0 amide bonds. The molecular weight excluding hydrogens is 220 g/mol. The molecule has 0 radical (unpaired) electrons. The van der Waals surface area contributed by atoms with Crippen LogP contribution in [0.4, 0.5) is 0 Å². The van der Waals surface area contributed by atoms with Gasteiger partial charge in [-0.2, -0.15) is 4.98 Å². The van der Waals surface area contributed by atoms with Crippen molar-refractivity contribution in [1.82, 2.24) is 20.1 Å². The summed E-state index contributed by atoms with van der Waals surface area (Å²) < 4.78 is 12.4. The van der Waals surface area contributed by atoms with E-state index in [2.05, 4.69) is 29.2 Å². The Balaban J connectivity index is 2.37. The quantitative estimate of drug-likeness (QED) is 0.717. The first-order valence-electron chi connectivity index (χ1n) is 5.83. The Hall–Kier alpha value is -1.14. The largest absolute Gasteiger partial charge is 0.455 e. The van der Waals surface area contributed by atoms with Crippen LogP contribution < -0.4 is 10.1 Å². The van der Waals surface area contributed by atoms with Crippen molar-refractivity contribution < 1.29 is 9.47 Å². The molecule has 0 saturated carbocycles. The molecule has 1 heterocycles. The molecule has 0 aliphatic heterocycles. The molecule has 0 aromatic carbocycles. The van der Waals surface area contributed by atoms with Gasteiger partial charge in [-0.3, -0.25) is 4.68 Å². The number of hydrogen-bond acceptors (Lipinski definition) is 5. The van der Waals surface area contributed by atoms with Crippen LogP contribution in [0.15, 0.2) is 6.33 Å². The standard InChI is InChI=1S/C11H22N4O2/c1-9(2)5-12-6-10(7-16-4)17-11-13-8-15(3)14-11/h8-10,12H,5-7H2,1-4H3. The van der Waals surface area contributed by atoms with Gasteiger partial charge in [0.25, 0.3) is 0 Å². The lowest BCUT2D eigenvalue weighted by atomic mass is 10.2. The lowest BCUT2D eigenvalue weighted by molar-refractivity contribution is 0.0737. The van der Waals surface area contributed by atoms with E-state index in [0.717, 1.165) is 13.1 Å². The second-order valence-electron chi connectivity index (χ2n) is 4.45. The van der Waals surface area contributed by atoms with E-state index in [-0.39, 0.29) is 6.10 Å². The molecule has 6 nitrogen and oxygen atoms in total. The highest BCUT2D eigenvalue weighted by molar-refractivity contribution is 4.89. The third-order valence-corrected chi connectivity index (χ3v) is 2.13. The van der Waals surface area contributed by atoms with Crippen molar-refractivity contribution in [2.24, 2.45) is 13.0 Å². The van der Waals surface area contributed by atoms with E-state index in [1.54, 1.807) is 18.1 Å². The molecule has 1 atom stereocenters. The smallest absolute Gasteiger partial charge is 0.335 e. The SMILES string of the molecule is COCC(CNCC(C)C)Oc1ncn(C)n1. The van der Waals surface area contributed by atoms with Crippen LogP contribution in [0.25, 0.3) is 0 Å². The summed E-state index contributed by atoms with van der Waals surface area (Å²) >= 11 is 0. The molecule has 0 bridgehead atoms. The lowest BCUT2D eigenvalue weighted by Gasteiger charge is -2.17. The van der Waals surface area contributed by atoms with Crippen LogP contribution in [0.1, 0.15) is 13.8 Å². The summed E-state index contributed by atoms with van der Waals surface area (Å²) in [5.74, 6) is 0.617. The van der Waals surface area contributed by atoms with Crippen LogP contribution in [0.2, 0.25) is 0 Å². The molecule has 0 spiro atoms. The number of methoxy groups -OCH3 is 1. The monoisotopic (exact) mass is 242 g/mol. The van der Waals surface area contributed by atoms with Crippen LogP contribution >= 0.6 is 0 Å². The maximum absolute atomic E-state index is 5.63. The van der Waals surface area contributed by atoms with Crippen molar-refractivity contribution in [2.75, 3.05) is 26.8 Å². The predicted octanol–water partition coefficient (Wildman–Crippen LogP) is 0.454. The second kappa shape index (κ2) is 7.24. The third-order valence-electron chi connectivity index (χ3n) is 2.13. The first kappa shape index (κ1) is 13.9. The Morgan fingerprint density at radius 3 is 2.71 bits per heavy atom. The van der Waals surface area contributed by atoms with Crippen LogP contribution in [-0.4, -0.2) is 47.7 Å². The molecule has 0 aliphatic rings. The fourth-order valence-corrected chi connectivity index (χ4v) is 1.38. The zero-order valence-corrected chi connectivity index (χ0v) is 11.0. The molecule has 17 heavy (non-hydrogen) atoms. The molecule has 6 heteroatoms. The molecule has 98 valence electrons. The van der Waals surface area contributed by atoms with Crippen molar-refractivity contribution in [3.05, 3.63) is 6.33 Å². The maximum Gasteiger partial charge on any atom is 0.335 e. The van der Waals surface area contributed by atoms with Crippen LogP contribution in [-0.2, 0) is 11.8 Å². The Bertz CT molecular complexity index is 314. The lowest BCUT2D eigenvalue weighted by Crippen LogP contribution is -2.36. The first-order valence-corrected chi connectivity index (χ1v) is 5.83. The zero-order chi connectivity index (χ0) is 12.7. The van der Waals surface area contributed by atoms with Gasteiger partial charge in [-0.05, 0) is 12.5 Å². The van der Waals surface area contributed by atoms with Crippen LogP contribution in [0.5, 0.6) is 6.01 Å². The predicted molar refractivity (Wildman–Crippen MR) is 65.0 cm³/mol. The van der Waals surface area contributed by atoms with Gasteiger partial charge in [0.1, 0.15) is 12.4 Å². The van der Waals surface area contributed by atoms with Crippen LogP contribution in [0.3, 0.4) is 0 Å². The minimum Gasteiger partial charge on any atom is -0.455 e. The molecule has 1 aromatic rings. The molecule has 0 saturated heterocycles. The van der Waals surface area contributed by atoms with Crippen molar-refractivity contribution in [2.45, 2.75) is 20.0 Å². The normalized spacial score (nSPS) is 13.0. The number of hydrogen-bond donors (Lipinski definition) is 1. The number of aromatic nitrogens is 3. The summed E-state index contributed by atoms with van der Waals surface area (Å²) in [7, 11) is 3.47.